The Morgan fingerprint density at radius 1 is 1.20 bits per heavy atom. The van der Waals surface area contributed by atoms with E-state index in [2.05, 4.69) is 10.3 Å². The predicted molar refractivity (Wildman–Crippen MR) is 101 cm³/mol. The highest BCUT2D eigenvalue weighted by atomic mass is 35.5. The van der Waals surface area contributed by atoms with Crippen LogP contribution in [0.5, 0.6) is 5.88 Å². The maximum atomic E-state index is 12.3. The fraction of sp³-hybridized carbons (Fsp3) is 0.176. The lowest BCUT2D eigenvalue weighted by Gasteiger charge is -2.07. The Hall–Kier alpha value is -1.89. The number of nitrogens with one attached hydrogen (secondary N) is 1. The van der Waals surface area contributed by atoms with Crippen molar-refractivity contribution in [3.05, 3.63) is 63.1 Å². The van der Waals surface area contributed by atoms with Gasteiger partial charge in [0.2, 0.25) is 5.88 Å². The molecule has 0 fully saturated rings. The molecule has 1 aromatic heterocycles. The molecule has 8 heteroatoms. The maximum absolute atomic E-state index is 12.3. The second-order valence-corrected chi connectivity index (χ2v) is 7.47. The van der Waals surface area contributed by atoms with Crippen LogP contribution in [0, 0.1) is 6.92 Å². The molecule has 0 aliphatic rings. The van der Waals surface area contributed by atoms with E-state index in [1.807, 2.05) is 31.2 Å². The fourth-order valence-electron chi connectivity index (χ4n) is 1.85. The SMILES string of the molecule is COc1ccc(NC(=O)/C(Cl)=C(/Cl)[S@@](=O)Cc2ccc(C)cc2)cn1. The zero-order valence-corrected chi connectivity index (χ0v) is 15.9. The van der Waals surface area contributed by atoms with Crippen LogP contribution in [0.15, 0.2) is 52.0 Å². The molecule has 0 saturated carbocycles. The minimum Gasteiger partial charge on any atom is -0.481 e. The number of aryl methyl sites for hydroxylation is 1. The van der Waals surface area contributed by atoms with E-state index in [9.17, 15) is 9.00 Å². The van der Waals surface area contributed by atoms with Gasteiger partial charge in [0.1, 0.15) is 9.40 Å². The number of methoxy groups -OCH3 is 1. The van der Waals surface area contributed by atoms with Crippen LogP contribution in [0.3, 0.4) is 0 Å². The number of nitrogens with zero attached hydrogens (tertiary/aromatic N) is 1. The van der Waals surface area contributed by atoms with E-state index in [0.717, 1.165) is 11.1 Å². The number of carbonyl (C=O) groups is 1. The second kappa shape index (κ2) is 8.99. The normalized spacial score (nSPS) is 13.0. The number of rotatable bonds is 6. The first-order chi connectivity index (χ1) is 11.9. The number of aromatic nitrogens is 1. The highest BCUT2D eigenvalue weighted by molar-refractivity contribution is 7.90. The summed E-state index contributed by atoms with van der Waals surface area (Å²) in [6, 6.07) is 10.7. The summed E-state index contributed by atoms with van der Waals surface area (Å²) in [6.45, 7) is 1.96. The third kappa shape index (κ3) is 5.56. The average Bonchev–Trinajstić information content (AvgIpc) is 2.62. The number of halogens is 2. The lowest BCUT2D eigenvalue weighted by Crippen LogP contribution is -2.14. The molecule has 132 valence electrons. The summed E-state index contributed by atoms with van der Waals surface area (Å²) in [5, 5.41) is 2.22. The van der Waals surface area contributed by atoms with Crippen LogP contribution in [-0.2, 0) is 21.3 Å². The highest BCUT2D eigenvalue weighted by Crippen LogP contribution is 2.22. The zero-order valence-electron chi connectivity index (χ0n) is 13.6. The maximum Gasteiger partial charge on any atom is 0.269 e. The Balaban J connectivity index is 2.06. The number of pyridine rings is 1. The van der Waals surface area contributed by atoms with Gasteiger partial charge in [0.05, 0.1) is 35.5 Å². The van der Waals surface area contributed by atoms with Gasteiger partial charge in [0.15, 0.2) is 0 Å². The Morgan fingerprint density at radius 3 is 2.44 bits per heavy atom. The van der Waals surface area contributed by atoms with E-state index in [4.69, 9.17) is 27.9 Å². The Labute approximate surface area is 158 Å². The predicted octanol–water partition coefficient (Wildman–Crippen LogP) is 3.93. The lowest BCUT2D eigenvalue weighted by molar-refractivity contribution is -0.112. The molecule has 25 heavy (non-hydrogen) atoms. The van der Waals surface area contributed by atoms with Gasteiger partial charge in [-0.15, -0.1) is 0 Å². The smallest absolute Gasteiger partial charge is 0.269 e. The van der Waals surface area contributed by atoms with Crippen LogP contribution >= 0.6 is 23.2 Å². The summed E-state index contributed by atoms with van der Waals surface area (Å²) in [4.78, 5) is 16.1. The summed E-state index contributed by atoms with van der Waals surface area (Å²) in [6.07, 6.45) is 1.41. The molecule has 1 aromatic carbocycles. The molecule has 5 nitrogen and oxygen atoms in total. The van der Waals surface area contributed by atoms with Crippen LogP contribution in [0.2, 0.25) is 0 Å². The summed E-state index contributed by atoms with van der Waals surface area (Å²) < 4.78 is 17.0. The molecule has 1 heterocycles. The number of hydrogen-bond donors (Lipinski definition) is 1. The van der Waals surface area contributed by atoms with Crippen molar-refractivity contribution in [1.29, 1.82) is 0 Å². The summed E-state index contributed by atoms with van der Waals surface area (Å²) in [5.74, 6) is -0.0695. The molecule has 1 N–H and O–H groups in total. The minimum absolute atomic E-state index is 0.173. The van der Waals surface area contributed by atoms with Gasteiger partial charge in [-0.05, 0) is 18.6 Å². The molecule has 0 unspecified atom stereocenters. The van der Waals surface area contributed by atoms with Crippen LogP contribution in [0.25, 0.3) is 0 Å². The van der Waals surface area contributed by atoms with E-state index in [1.165, 1.54) is 13.3 Å². The zero-order chi connectivity index (χ0) is 18.4. The van der Waals surface area contributed by atoms with Crippen LogP contribution in [-0.4, -0.2) is 22.2 Å². The molecular formula is C17H16Cl2N2O3S. The molecule has 0 aliphatic carbocycles. The molecule has 2 rings (SSSR count). The van der Waals surface area contributed by atoms with Crippen molar-refractivity contribution < 1.29 is 13.7 Å². The van der Waals surface area contributed by atoms with Crippen molar-refractivity contribution >= 4 is 45.6 Å². The summed E-state index contributed by atoms with van der Waals surface area (Å²) in [5.41, 5.74) is 2.35. The summed E-state index contributed by atoms with van der Waals surface area (Å²) >= 11 is 12.0. The van der Waals surface area contributed by atoms with Crippen LogP contribution < -0.4 is 10.1 Å². The fourth-order valence-corrected chi connectivity index (χ4v) is 3.32. The Kier molecular flexibility index (Phi) is 6.99. The largest absolute Gasteiger partial charge is 0.481 e. The van der Waals surface area contributed by atoms with E-state index in [1.54, 1.807) is 12.1 Å². The molecule has 0 bridgehead atoms. The first kappa shape index (κ1) is 19.4. The third-order valence-electron chi connectivity index (χ3n) is 3.19. The van der Waals surface area contributed by atoms with Crippen LogP contribution in [0.4, 0.5) is 5.69 Å². The number of carbonyl (C=O) groups excluding carboxylic acids is 1. The lowest BCUT2D eigenvalue weighted by atomic mass is 10.2. The van der Waals surface area contributed by atoms with Gasteiger partial charge in [-0.2, -0.15) is 0 Å². The number of benzene rings is 1. The molecule has 0 radical (unpaired) electrons. The Bertz CT molecular complexity index is 806. The van der Waals surface area contributed by atoms with E-state index < -0.39 is 16.7 Å². The monoisotopic (exact) mass is 398 g/mol. The van der Waals surface area contributed by atoms with Gasteiger partial charge in [0.25, 0.3) is 5.91 Å². The molecule has 0 spiro atoms. The number of hydrogen-bond acceptors (Lipinski definition) is 4. The van der Waals surface area contributed by atoms with Crippen molar-refractivity contribution in [3.8, 4) is 5.88 Å². The number of anilines is 1. The van der Waals surface area contributed by atoms with Crippen molar-refractivity contribution in [2.45, 2.75) is 12.7 Å². The van der Waals surface area contributed by atoms with Crippen molar-refractivity contribution in [1.82, 2.24) is 4.98 Å². The molecule has 1 atom stereocenters. The second-order valence-electron chi connectivity index (χ2n) is 5.11. The first-order valence-electron chi connectivity index (χ1n) is 7.21. The minimum atomic E-state index is -1.62. The van der Waals surface area contributed by atoms with Gasteiger partial charge in [-0.3, -0.25) is 9.00 Å². The van der Waals surface area contributed by atoms with Gasteiger partial charge in [-0.25, -0.2) is 4.98 Å². The highest BCUT2D eigenvalue weighted by Gasteiger charge is 2.17. The standard InChI is InChI=1S/C17H16Cl2N2O3S/c1-11-3-5-12(6-4-11)10-25(23)16(19)15(18)17(22)21-13-7-8-14(24-2)20-9-13/h3-9H,10H2,1-2H3,(H,21,22)/b16-15+/t25-/m0/s1. The Morgan fingerprint density at radius 2 is 1.88 bits per heavy atom. The van der Waals surface area contributed by atoms with Gasteiger partial charge in [-0.1, -0.05) is 53.0 Å². The van der Waals surface area contributed by atoms with Crippen molar-refractivity contribution in [3.63, 3.8) is 0 Å². The molecule has 1 amide bonds. The molecule has 0 aliphatic heterocycles. The third-order valence-corrected chi connectivity index (χ3v) is 5.67. The quantitative estimate of drug-likeness (QED) is 0.748. The van der Waals surface area contributed by atoms with Gasteiger partial charge >= 0.3 is 0 Å². The topological polar surface area (TPSA) is 68.3 Å². The van der Waals surface area contributed by atoms with E-state index in [-0.39, 0.29) is 15.1 Å². The van der Waals surface area contributed by atoms with Gasteiger partial charge in [0, 0.05) is 6.07 Å². The number of amides is 1. The van der Waals surface area contributed by atoms with Gasteiger partial charge < -0.3 is 10.1 Å². The molecular weight excluding hydrogens is 383 g/mol. The summed E-state index contributed by atoms with van der Waals surface area (Å²) in [7, 11) is -0.130. The molecule has 0 saturated heterocycles. The van der Waals surface area contributed by atoms with Crippen LogP contribution in [0.1, 0.15) is 11.1 Å². The first-order valence-corrected chi connectivity index (χ1v) is 9.28. The average molecular weight is 399 g/mol. The van der Waals surface area contributed by atoms with E-state index >= 15 is 0 Å². The molecule has 2 aromatic rings. The van der Waals surface area contributed by atoms with Crippen molar-refractivity contribution in [2.75, 3.05) is 12.4 Å². The van der Waals surface area contributed by atoms with Crippen molar-refractivity contribution in [2.24, 2.45) is 0 Å². The number of ether oxygens (including phenoxy) is 1. The van der Waals surface area contributed by atoms with E-state index in [0.29, 0.717) is 11.6 Å².